The minimum atomic E-state index is -0.279. The third-order valence-electron chi connectivity index (χ3n) is 5.84. The van der Waals surface area contributed by atoms with Crippen LogP contribution in [0.1, 0.15) is 16.9 Å². The molecule has 0 fully saturated rings. The number of thiophene rings is 1. The number of fused-ring (bicyclic) bond motifs is 4. The number of ether oxygens (including phenoxy) is 3. The van der Waals surface area contributed by atoms with E-state index in [9.17, 15) is 0 Å². The Balaban J connectivity index is 1.57. The minimum absolute atomic E-state index is 0.279. The molecule has 30 heavy (non-hydrogen) atoms. The molecule has 1 aliphatic rings. The molecule has 2 N–H and O–H groups in total. The fraction of sp³-hybridized carbons (Fsp3) is 0.381. The molecule has 0 saturated carbocycles. The largest absolute Gasteiger partial charge is 0.494 e. The Morgan fingerprint density at radius 2 is 2.13 bits per heavy atom. The van der Waals surface area contributed by atoms with Crippen molar-refractivity contribution in [3.05, 3.63) is 35.1 Å². The summed E-state index contributed by atoms with van der Waals surface area (Å²) in [6.45, 7) is 0.579. The number of aryl methyl sites for hydroxylation is 1. The molecule has 156 valence electrons. The van der Waals surface area contributed by atoms with Gasteiger partial charge in [-0.15, -0.1) is 11.3 Å². The quantitative estimate of drug-likeness (QED) is 0.485. The number of benzene rings is 1. The molecule has 4 aromatic rings. The van der Waals surface area contributed by atoms with Crippen LogP contribution in [-0.2, 0) is 22.3 Å². The summed E-state index contributed by atoms with van der Waals surface area (Å²) in [6.07, 6.45) is 6.01. The molecule has 1 aliphatic carbocycles. The highest BCUT2D eigenvalue weighted by atomic mass is 32.1. The average molecular weight is 426 g/mol. The Morgan fingerprint density at radius 1 is 1.23 bits per heavy atom. The zero-order chi connectivity index (χ0) is 20.7. The highest BCUT2D eigenvalue weighted by Crippen LogP contribution is 2.43. The monoisotopic (exact) mass is 425 g/mol. The molecule has 0 aliphatic heterocycles. The second-order valence-electron chi connectivity index (χ2n) is 7.54. The lowest BCUT2D eigenvalue weighted by Gasteiger charge is -2.35. The van der Waals surface area contributed by atoms with Crippen molar-refractivity contribution >= 4 is 44.0 Å². The van der Waals surface area contributed by atoms with Gasteiger partial charge < -0.3 is 19.5 Å². The molecule has 0 radical (unpaired) electrons. The first kappa shape index (κ1) is 19.2. The topological polar surface area (TPSA) is 94.2 Å². The number of hydrogen-bond donors (Lipinski definition) is 2. The standard InChI is InChI=1S/C21H23N5O3S/c1-27-10-21(29-3)5-4-13-17(8-21)30-20-18(13)19(22-11-23-20)25-15-6-12-9-24-26-14(12)7-16(15)28-2/h6-7,9,11H,4-5,8,10H2,1-3H3,(H,24,26)(H,22,23,25). The van der Waals surface area contributed by atoms with E-state index in [0.29, 0.717) is 6.61 Å². The first-order valence-electron chi connectivity index (χ1n) is 9.74. The van der Waals surface area contributed by atoms with E-state index < -0.39 is 0 Å². The number of nitrogens with one attached hydrogen (secondary N) is 2. The van der Waals surface area contributed by atoms with Gasteiger partial charge in [-0.2, -0.15) is 5.10 Å². The molecule has 0 saturated heterocycles. The maximum atomic E-state index is 5.87. The van der Waals surface area contributed by atoms with Crippen LogP contribution in [0.2, 0.25) is 0 Å². The van der Waals surface area contributed by atoms with Gasteiger partial charge in [0.1, 0.15) is 22.7 Å². The van der Waals surface area contributed by atoms with Crippen molar-refractivity contribution in [2.45, 2.75) is 24.9 Å². The Labute approximate surface area is 177 Å². The molecule has 0 spiro atoms. The zero-order valence-electron chi connectivity index (χ0n) is 17.1. The van der Waals surface area contributed by atoms with E-state index >= 15 is 0 Å². The average Bonchev–Trinajstić information content (AvgIpc) is 3.36. The van der Waals surface area contributed by atoms with E-state index in [0.717, 1.165) is 57.6 Å². The molecule has 3 aromatic heterocycles. The van der Waals surface area contributed by atoms with Crippen molar-refractivity contribution in [2.24, 2.45) is 0 Å². The Bertz CT molecular complexity index is 1220. The maximum Gasteiger partial charge on any atom is 0.144 e. The second-order valence-corrected chi connectivity index (χ2v) is 8.62. The van der Waals surface area contributed by atoms with Crippen molar-refractivity contribution in [3.8, 4) is 5.75 Å². The van der Waals surface area contributed by atoms with E-state index in [2.05, 4.69) is 25.5 Å². The van der Waals surface area contributed by atoms with Gasteiger partial charge in [-0.1, -0.05) is 0 Å². The van der Waals surface area contributed by atoms with Gasteiger partial charge in [-0.3, -0.25) is 5.10 Å². The summed E-state index contributed by atoms with van der Waals surface area (Å²) >= 11 is 1.71. The molecule has 5 rings (SSSR count). The van der Waals surface area contributed by atoms with Crippen molar-refractivity contribution in [1.82, 2.24) is 20.2 Å². The fourth-order valence-electron chi connectivity index (χ4n) is 4.26. The maximum absolute atomic E-state index is 5.87. The van der Waals surface area contributed by atoms with E-state index in [-0.39, 0.29) is 5.60 Å². The SMILES string of the molecule is COCC1(OC)CCc2c(sc3ncnc(Nc4cc5cn[nH]c5cc4OC)c23)C1. The molecule has 1 atom stereocenters. The van der Waals surface area contributed by atoms with Crippen LogP contribution in [0.15, 0.2) is 24.7 Å². The van der Waals surface area contributed by atoms with E-state index in [4.69, 9.17) is 14.2 Å². The predicted molar refractivity (Wildman–Crippen MR) is 117 cm³/mol. The number of anilines is 2. The lowest BCUT2D eigenvalue weighted by molar-refractivity contribution is -0.0714. The van der Waals surface area contributed by atoms with E-state index in [1.54, 1.807) is 45.2 Å². The van der Waals surface area contributed by atoms with Gasteiger partial charge >= 0.3 is 0 Å². The fourth-order valence-corrected chi connectivity index (χ4v) is 5.58. The highest BCUT2D eigenvalue weighted by molar-refractivity contribution is 7.19. The number of rotatable bonds is 6. The van der Waals surface area contributed by atoms with E-state index in [1.165, 1.54) is 10.4 Å². The lowest BCUT2D eigenvalue weighted by Crippen LogP contribution is -2.41. The van der Waals surface area contributed by atoms with Crippen LogP contribution in [0, 0.1) is 0 Å². The van der Waals surface area contributed by atoms with E-state index in [1.807, 2.05) is 12.1 Å². The number of aromatic amines is 1. The second kappa shape index (κ2) is 7.50. The van der Waals surface area contributed by atoms with Crippen molar-refractivity contribution in [1.29, 1.82) is 0 Å². The molecular weight excluding hydrogens is 402 g/mol. The Morgan fingerprint density at radius 3 is 2.93 bits per heavy atom. The van der Waals surface area contributed by atoms with Gasteiger partial charge in [0.25, 0.3) is 0 Å². The molecule has 9 heteroatoms. The van der Waals surface area contributed by atoms with Crippen LogP contribution in [-0.4, -0.2) is 53.7 Å². The molecular formula is C21H23N5O3S. The van der Waals surface area contributed by atoms with Gasteiger partial charge in [0.15, 0.2) is 0 Å². The number of hydrogen-bond acceptors (Lipinski definition) is 8. The van der Waals surface area contributed by atoms with Crippen LogP contribution < -0.4 is 10.1 Å². The summed E-state index contributed by atoms with van der Waals surface area (Å²) in [5, 5.41) is 12.6. The first-order chi connectivity index (χ1) is 14.7. The number of aromatic nitrogens is 4. The normalized spacial score (nSPS) is 18.6. The van der Waals surface area contributed by atoms with Crippen LogP contribution in [0.5, 0.6) is 5.75 Å². The van der Waals surface area contributed by atoms with Gasteiger partial charge in [-0.05, 0) is 24.5 Å². The van der Waals surface area contributed by atoms with Gasteiger partial charge in [0, 0.05) is 37.0 Å². The van der Waals surface area contributed by atoms with Crippen molar-refractivity contribution < 1.29 is 14.2 Å². The van der Waals surface area contributed by atoms with Crippen LogP contribution in [0.3, 0.4) is 0 Å². The lowest BCUT2D eigenvalue weighted by atomic mass is 9.84. The van der Waals surface area contributed by atoms with Crippen molar-refractivity contribution in [3.63, 3.8) is 0 Å². The summed E-state index contributed by atoms with van der Waals surface area (Å²) in [5.41, 5.74) is 2.78. The number of methoxy groups -OCH3 is 3. The summed E-state index contributed by atoms with van der Waals surface area (Å²) in [5.74, 6) is 1.51. The minimum Gasteiger partial charge on any atom is -0.494 e. The van der Waals surface area contributed by atoms with Gasteiger partial charge in [0.05, 0.1) is 42.1 Å². The molecule has 3 heterocycles. The van der Waals surface area contributed by atoms with Crippen molar-refractivity contribution in [2.75, 3.05) is 33.3 Å². The van der Waals surface area contributed by atoms with Gasteiger partial charge in [0.2, 0.25) is 0 Å². The van der Waals surface area contributed by atoms with Crippen LogP contribution in [0.25, 0.3) is 21.1 Å². The Kier molecular flexibility index (Phi) is 4.80. The molecule has 0 amide bonds. The molecule has 0 bridgehead atoms. The third-order valence-corrected chi connectivity index (χ3v) is 6.98. The number of H-pyrrole nitrogens is 1. The van der Waals surface area contributed by atoms with Crippen LogP contribution >= 0.6 is 11.3 Å². The van der Waals surface area contributed by atoms with Crippen LogP contribution in [0.4, 0.5) is 11.5 Å². The third kappa shape index (κ3) is 3.10. The summed E-state index contributed by atoms with van der Waals surface area (Å²) < 4.78 is 16.9. The molecule has 1 unspecified atom stereocenters. The summed E-state index contributed by atoms with van der Waals surface area (Å²) in [7, 11) is 5.15. The smallest absolute Gasteiger partial charge is 0.144 e. The zero-order valence-corrected chi connectivity index (χ0v) is 17.9. The summed E-state index contributed by atoms with van der Waals surface area (Å²) in [6, 6.07) is 3.95. The Hall–Kier alpha value is -2.75. The molecule has 1 aromatic carbocycles. The molecule has 8 nitrogen and oxygen atoms in total. The highest BCUT2D eigenvalue weighted by Gasteiger charge is 2.37. The van der Waals surface area contributed by atoms with Gasteiger partial charge in [-0.25, -0.2) is 9.97 Å². The number of nitrogens with zero attached hydrogens (tertiary/aromatic N) is 3. The predicted octanol–water partition coefficient (Wildman–Crippen LogP) is 3.84. The summed E-state index contributed by atoms with van der Waals surface area (Å²) in [4.78, 5) is 11.4. The first-order valence-corrected chi connectivity index (χ1v) is 10.6.